The molecule has 1 aliphatic rings. The summed E-state index contributed by atoms with van der Waals surface area (Å²) in [5, 5.41) is 3.03. The van der Waals surface area contributed by atoms with E-state index in [-0.39, 0.29) is 18.1 Å². The van der Waals surface area contributed by atoms with Gasteiger partial charge >= 0.3 is 0 Å². The van der Waals surface area contributed by atoms with Crippen LogP contribution in [0.2, 0.25) is 0 Å². The van der Waals surface area contributed by atoms with Gasteiger partial charge in [-0.1, -0.05) is 29.8 Å². The van der Waals surface area contributed by atoms with Crippen molar-refractivity contribution in [2.24, 2.45) is 0 Å². The molecule has 0 unspecified atom stereocenters. The Morgan fingerprint density at radius 2 is 2.39 bits per heavy atom. The fourth-order valence-electron chi connectivity index (χ4n) is 2.40. The van der Waals surface area contributed by atoms with Crippen LogP contribution >= 0.6 is 0 Å². The van der Waals surface area contributed by atoms with Crippen molar-refractivity contribution in [3.8, 4) is 0 Å². The molecule has 0 radical (unpaired) electrons. The Hall–Kier alpha value is -1.35. The number of benzene rings is 1. The first-order valence-electron chi connectivity index (χ1n) is 6.61. The maximum Gasteiger partial charge on any atom is 0.224 e. The summed E-state index contributed by atoms with van der Waals surface area (Å²) in [7, 11) is 0. The Kier molecular flexibility index (Phi) is 4.37. The molecule has 0 bridgehead atoms. The molecule has 18 heavy (non-hydrogen) atoms. The van der Waals surface area contributed by atoms with E-state index < -0.39 is 0 Å². The third-order valence-corrected chi connectivity index (χ3v) is 3.36. The van der Waals surface area contributed by atoms with Crippen LogP contribution in [-0.4, -0.2) is 24.7 Å². The van der Waals surface area contributed by atoms with Crippen LogP contribution in [0.25, 0.3) is 0 Å². The second kappa shape index (κ2) is 6.01. The first-order chi connectivity index (χ1) is 8.65. The smallest absolute Gasteiger partial charge is 0.224 e. The van der Waals surface area contributed by atoms with Gasteiger partial charge < -0.3 is 10.1 Å². The average Bonchev–Trinajstić information content (AvgIpc) is 2.81. The van der Waals surface area contributed by atoms with Crippen molar-refractivity contribution in [1.82, 2.24) is 5.32 Å². The van der Waals surface area contributed by atoms with Crippen LogP contribution in [0.4, 0.5) is 0 Å². The van der Waals surface area contributed by atoms with Crippen LogP contribution in [0.5, 0.6) is 0 Å². The second-order valence-corrected chi connectivity index (χ2v) is 5.07. The predicted octanol–water partition coefficient (Wildman–Crippen LogP) is 2.22. The molecular formula is C15H21NO2. The highest BCUT2D eigenvalue weighted by atomic mass is 16.5. The normalized spacial score (nSPS) is 20.7. The zero-order chi connectivity index (χ0) is 13.0. The fraction of sp³-hybridized carbons (Fsp3) is 0.533. The van der Waals surface area contributed by atoms with Gasteiger partial charge in [0, 0.05) is 6.61 Å². The minimum absolute atomic E-state index is 0.0728. The molecule has 1 aromatic carbocycles. The third-order valence-electron chi connectivity index (χ3n) is 3.36. The first kappa shape index (κ1) is 13.1. The van der Waals surface area contributed by atoms with Gasteiger partial charge in [0.05, 0.1) is 18.6 Å². The number of carbonyl (C=O) groups is 1. The van der Waals surface area contributed by atoms with E-state index in [1.165, 1.54) is 5.56 Å². The van der Waals surface area contributed by atoms with Crippen LogP contribution in [-0.2, 0) is 16.0 Å². The molecule has 3 heteroatoms. The third kappa shape index (κ3) is 3.57. The number of aryl methyl sites for hydroxylation is 1. The molecule has 0 spiro atoms. The van der Waals surface area contributed by atoms with Crippen molar-refractivity contribution in [2.45, 2.75) is 45.3 Å². The van der Waals surface area contributed by atoms with Gasteiger partial charge in [0.15, 0.2) is 0 Å². The minimum atomic E-state index is 0.0728. The lowest BCUT2D eigenvalue weighted by Gasteiger charge is -2.20. The topological polar surface area (TPSA) is 38.3 Å². The van der Waals surface area contributed by atoms with Gasteiger partial charge in [-0.05, 0) is 32.3 Å². The van der Waals surface area contributed by atoms with Gasteiger partial charge in [0.2, 0.25) is 5.91 Å². The SMILES string of the molecule is Cc1cccc(CC(=O)N[C@@H](C)[C@H]2CCCO2)c1. The molecule has 2 rings (SSSR count). The second-order valence-electron chi connectivity index (χ2n) is 5.07. The molecule has 0 aliphatic carbocycles. The molecule has 0 saturated carbocycles. The summed E-state index contributed by atoms with van der Waals surface area (Å²) in [4.78, 5) is 11.9. The molecule has 1 aliphatic heterocycles. The standard InChI is InChI=1S/C15H21NO2/c1-11-5-3-6-13(9-11)10-15(17)16-12(2)14-7-4-8-18-14/h3,5-6,9,12,14H,4,7-8,10H2,1-2H3,(H,16,17)/t12-,14+/m0/s1. The Balaban J connectivity index is 1.84. The Labute approximate surface area is 109 Å². The van der Waals surface area contributed by atoms with Crippen LogP contribution in [0, 0.1) is 6.92 Å². The van der Waals surface area contributed by atoms with E-state index in [0.717, 1.165) is 25.0 Å². The van der Waals surface area contributed by atoms with Crippen molar-refractivity contribution >= 4 is 5.91 Å². The zero-order valence-electron chi connectivity index (χ0n) is 11.1. The molecular weight excluding hydrogens is 226 g/mol. The highest BCUT2D eigenvalue weighted by Gasteiger charge is 2.23. The molecule has 1 amide bonds. The van der Waals surface area contributed by atoms with E-state index >= 15 is 0 Å². The minimum Gasteiger partial charge on any atom is -0.376 e. The average molecular weight is 247 g/mol. The molecule has 1 saturated heterocycles. The molecule has 1 fully saturated rings. The highest BCUT2D eigenvalue weighted by Crippen LogP contribution is 2.15. The number of hydrogen-bond donors (Lipinski definition) is 1. The van der Waals surface area contributed by atoms with Gasteiger partial charge in [-0.15, -0.1) is 0 Å². The zero-order valence-corrected chi connectivity index (χ0v) is 11.1. The Bertz CT molecular complexity index is 411. The fourth-order valence-corrected chi connectivity index (χ4v) is 2.40. The Morgan fingerprint density at radius 1 is 1.56 bits per heavy atom. The molecule has 1 aromatic rings. The number of carbonyl (C=O) groups excluding carboxylic acids is 1. The van der Waals surface area contributed by atoms with Gasteiger partial charge in [-0.3, -0.25) is 4.79 Å². The van der Waals surface area contributed by atoms with Crippen molar-refractivity contribution < 1.29 is 9.53 Å². The monoisotopic (exact) mass is 247 g/mol. The molecule has 1 heterocycles. The van der Waals surface area contributed by atoms with Gasteiger partial charge in [0.25, 0.3) is 0 Å². The van der Waals surface area contributed by atoms with E-state index in [1.807, 2.05) is 32.0 Å². The molecule has 2 atom stereocenters. The van der Waals surface area contributed by atoms with Gasteiger partial charge in [-0.25, -0.2) is 0 Å². The number of nitrogens with one attached hydrogen (secondary N) is 1. The van der Waals surface area contributed by atoms with Gasteiger partial charge in [-0.2, -0.15) is 0 Å². The number of ether oxygens (including phenoxy) is 1. The predicted molar refractivity (Wildman–Crippen MR) is 71.5 cm³/mol. The molecule has 1 N–H and O–H groups in total. The first-order valence-corrected chi connectivity index (χ1v) is 6.61. The summed E-state index contributed by atoms with van der Waals surface area (Å²) in [6, 6.07) is 8.17. The van der Waals surface area contributed by atoms with E-state index in [0.29, 0.717) is 6.42 Å². The van der Waals surface area contributed by atoms with Crippen molar-refractivity contribution in [2.75, 3.05) is 6.61 Å². The highest BCUT2D eigenvalue weighted by molar-refractivity contribution is 5.78. The molecule has 0 aromatic heterocycles. The molecule has 98 valence electrons. The lowest BCUT2D eigenvalue weighted by Crippen LogP contribution is -2.41. The van der Waals surface area contributed by atoms with Gasteiger partial charge in [0.1, 0.15) is 0 Å². The van der Waals surface area contributed by atoms with Crippen LogP contribution in [0.3, 0.4) is 0 Å². The number of amides is 1. The van der Waals surface area contributed by atoms with Crippen molar-refractivity contribution in [3.05, 3.63) is 35.4 Å². The summed E-state index contributed by atoms with van der Waals surface area (Å²) in [5.74, 6) is 0.0728. The quantitative estimate of drug-likeness (QED) is 0.886. The summed E-state index contributed by atoms with van der Waals surface area (Å²) >= 11 is 0. The summed E-state index contributed by atoms with van der Waals surface area (Å²) < 4.78 is 5.57. The maximum absolute atomic E-state index is 11.9. The summed E-state index contributed by atoms with van der Waals surface area (Å²) in [5.41, 5.74) is 2.25. The van der Waals surface area contributed by atoms with Crippen LogP contribution < -0.4 is 5.32 Å². The van der Waals surface area contributed by atoms with E-state index in [4.69, 9.17) is 4.74 Å². The van der Waals surface area contributed by atoms with E-state index in [2.05, 4.69) is 11.4 Å². The van der Waals surface area contributed by atoms with E-state index in [1.54, 1.807) is 0 Å². The van der Waals surface area contributed by atoms with Crippen molar-refractivity contribution in [3.63, 3.8) is 0 Å². The summed E-state index contributed by atoms with van der Waals surface area (Å²) in [6.45, 7) is 4.88. The largest absolute Gasteiger partial charge is 0.376 e. The lowest BCUT2D eigenvalue weighted by molar-refractivity contribution is -0.121. The van der Waals surface area contributed by atoms with Crippen LogP contribution in [0.15, 0.2) is 24.3 Å². The Morgan fingerprint density at radius 3 is 3.06 bits per heavy atom. The number of rotatable bonds is 4. The van der Waals surface area contributed by atoms with E-state index in [9.17, 15) is 4.79 Å². The summed E-state index contributed by atoms with van der Waals surface area (Å²) in [6.07, 6.45) is 2.78. The van der Waals surface area contributed by atoms with Crippen molar-refractivity contribution in [1.29, 1.82) is 0 Å². The van der Waals surface area contributed by atoms with Crippen LogP contribution in [0.1, 0.15) is 30.9 Å². The lowest BCUT2D eigenvalue weighted by atomic mass is 10.1. The molecule has 3 nitrogen and oxygen atoms in total. The maximum atomic E-state index is 11.9. The number of hydrogen-bond acceptors (Lipinski definition) is 2.